The van der Waals surface area contributed by atoms with E-state index in [4.69, 9.17) is 4.42 Å². The topological polar surface area (TPSA) is 83.8 Å². The third-order valence-corrected chi connectivity index (χ3v) is 3.31. The molecule has 0 atom stereocenters. The van der Waals surface area contributed by atoms with Gasteiger partial charge in [-0.3, -0.25) is 9.89 Å². The molecular weight excluding hydrogens is 268 g/mol. The summed E-state index contributed by atoms with van der Waals surface area (Å²) in [7, 11) is 0. The Morgan fingerprint density at radius 2 is 2.33 bits per heavy atom. The summed E-state index contributed by atoms with van der Waals surface area (Å²) in [6.45, 7) is 2.54. The summed E-state index contributed by atoms with van der Waals surface area (Å²) in [5.41, 5.74) is 2.86. The first kappa shape index (κ1) is 13.4. The molecule has 2 heterocycles. The zero-order valence-electron chi connectivity index (χ0n) is 11.7. The number of hydrogen-bond donors (Lipinski definition) is 2. The van der Waals surface area contributed by atoms with Crippen molar-refractivity contribution in [3.63, 3.8) is 0 Å². The maximum absolute atomic E-state index is 12.0. The highest BCUT2D eigenvalue weighted by Crippen LogP contribution is 2.22. The van der Waals surface area contributed by atoms with E-state index in [0.29, 0.717) is 19.4 Å². The quantitative estimate of drug-likeness (QED) is 0.747. The van der Waals surface area contributed by atoms with E-state index < -0.39 is 0 Å². The van der Waals surface area contributed by atoms with Crippen LogP contribution in [-0.4, -0.2) is 27.6 Å². The van der Waals surface area contributed by atoms with Crippen LogP contribution in [0.1, 0.15) is 17.0 Å². The number of hydrogen-bond acceptors (Lipinski definition) is 4. The minimum atomic E-state index is -0.0298. The fourth-order valence-corrected chi connectivity index (χ4v) is 2.23. The molecule has 2 N–H and O–H groups in total. The molecule has 0 saturated carbocycles. The van der Waals surface area contributed by atoms with Crippen molar-refractivity contribution in [1.82, 2.24) is 20.5 Å². The van der Waals surface area contributed by atoms with Crippen LogP contribution >= 0.6 is 0 Å². The average Bonchev–Trinajstić information content (AvgIpc) is 3.09. The number of benzene rings is 1. The van der Waals surface area contributed by atoms with Gasteiger partial charge < -0.3 is 9.73 Å². The van der Waals surface area contributed by atoms with Gasteiger partial charge in [-0.1, -0.05) is 12.1 Å². The van der Waals surface area contributed by atoms with Gasteiger partial charge >= 0.3 is 0 Å². The zero-order valence-corrected chi connectivity index (χ0v) is 11.7. The summed E-state index contributed by atoms with van der Waals surface area (Å²) in [6.07, 6.45) is 4.06. The average molecular weight is 284 g/mol. The minimum Gasteiger partial charge on any atom is -0.464 e. The second-order valence-corrected chi connectivity index (χ2v) is 4.97. The van der Waals surface area contributed by atoms with Crippen molar-refractivity contribution in [1.29, 1.82) is 0 Å². The van der Waals surface area contributed by atoms with Gasteiger partial charge in [0.1, 0.15) is 17.7 Å². The molecule has 0 aliphatic rings. The highest BCUT2D eigenvalue weighted by molar-refractivity contribution is 5.87. The number of aryl methyl sites for hydroxylation is 1. The predicted molar refractivity (Wildman–Crippen MR) is 77.8 cm³/mol. The Labute approximate surface area is 121 Å². The number of amides is 1. The number of nitrogens with one attached hydrogen (secondary N) is 2. The van der Waals surface area contributed by atoms with Crippen molar-refractivity contribution in [2.45, 2.75) is 19.8 Å². The van der Waals surface area contributed by atoms with Crippen molar-refractivity contribution < 1.29 is 9.21 Å². The molecule has 0 aliphatic carbocycles. The Morgan fingerprint density at radius 1 is 1.43 bits per heavy atom. The molecule has 0 bridgehead atoms. The van der Waals surface area contributed by atoms with Gasteiger partial charge in [-0.2, -0.15) is 5.10 Å². The number of aromatic amines is 1. The first-order valence-electron chi connectivity index (χ1n) is 6.80. The van der Waals surface area contributed by atoms with Gasteiger partial charge in [0.15, 0.2) is 0 Å². The van der Waals surface area contributed by atoms with Crippen LogP contribution in [0.3, 0.4) is 0 Å². The van der Waals surface area contributed by atoms with E-state index in [1.165, 1.54) is 6.33 Å². The molecule has 6 heteroatoms. The minimum absolute atomic E-state index is 0.0298. The second-order valence-electron chi connectivity index (χ2n) is 4.97. The number of H-pyrrole nitrogens is 1. The van der Waals surface area contributed by atoms with Crippen LogP contribution in [-0.2, 0) is 17.6 Å². The van der Waals surface area contributed by atoms with Crippen LogP contribution < -0.4 is 5.32 Å². The van der Waals surface area contributed by atoms with Crippen molar-refractivity contribution in [2.24, 2.45) is 0 Å². The summed E-state index contributed by atoms with van der Waals surface area (Å²) in [5, 5.41) is 10.4. The maximum atomic E-state index is 12.0. The lowest BCUT2D eigenvalue weighted by atomic mass is 10.1. The molecule has 1 aromatic carbocycles. The van der Waals surface area contributed by atoms with Crippen molar-refractivity contribution in [2.75, 3.05) is 6.54 Å². The molecule has 0 aliphatic heterocycles. The molecular formula is C15H16N4O2. The van der Waals surface area contributed by atoms with Crippen molar-refractivity contribution >= 4 is 16.9 Å². The predicted octanol–water partition coefficient (Wildman–Crippen LogP) is 1.76. The SMILES string of the molecule is Cc1ccc2c(CC(=O)NCCc3ncn[nH]3)coc2c1. The molecule has 1 amide bonds. The third kappa shape index (κ3) is 3.10. The van der Waals surface area contributed by atoms with Gasteiger partial charge in [-0.05, 0) is 18.6 Å². The lowest BCUT2D eigenvalue weighted by Gasteiger charge is -2.03. The van der Waals surface area contributed by atoms with E-state index in [2.05, 4.69) is 20.5 Å². The highest BCUT2D eigenvalue weighted by atomic mass is 16.3. The molecule has 0 fully saturated rings. The van der Waals surface area contributed by atoms with Gasteiger partial charge in [0.05, 0.1) is 12.7 Å². The summed E-state index contributed by atoms with van der Waals surface area (Å²) in [5.74, 6) is 0.734. The van der Waals surface area contributed by atoms with Crippen LogP contribution in [0.25, 0.3) is 11.0 Å². The number of carbonyl (C=O) groups excluding carboxylic acids is 1. The molecule has 108 valence electrons. The Hall–Kier alpha value is -2.63. The standard InChI is InChI=1S/C15H16N4O2/c1-10-2-3-12-11(8-21-13(12)6-10)7-15(20)16-5-4-14-17-9-18-19-14/h2-3,6,8-9H,4-5,7H2,1H3,(H,16,20)(H,17,18,19). The van der Waals surface area contributed by atoms with Crippen LogP contribution in [0.2, 0.25) is 0 Å². The summed E-state index contributed by atoms with van der Waals surface area (Å²) in [4.78, 5) is 16.0. The lowest BCUT2D eigenvalue weighted by molar-refractivity contribution is -0.120. The van der Waals surface area contributed by atoms with E-state index in [1.54, 1.807) is 6.26 Å². The van der Waals surface area contributed by atoms with Crippen LogP contribution in [0.4, 0.5) is 0 Å². The first-order chi connectivity index (χ1) is 10.2. The smallest absolute Gasteiger partial charge is 0.224 e. The summed E-state index contributed by atoms with van der Waals surface area (Å²) in [6, 6.07) is 5.98. The van der Waals surface area contributed by atoms with Gasteiger partial charge in [0, 0.05) is 23.9 Å². The maximum Gasteiger partial charge on any atom is 0.224 e. The molecule has 0 saturated heterocycles. The molecule has 6 nitrogen and oxygen atoms in total. The van der Waals surface area contributed by atoms with Gasteiger partial charge in [-0.25, -0.2) is 4.98 Å². The molecule has 0 unspecified atom stereocenters. The number of nitrogens with zero attached hydrogens (tertiary/aromatic N) is 2. The molecule has 0 radical (unpaired) electrons. The van der Waals surface area contributed by atoms with E-state index in [9.17, 15) is 4.79 Å². The Bertz CT molecular complexity index is 746. The molecule has 3 rings (SSSR count). The molecule has 0 spiro atoms. The van der Waals surface area contributed by atoms with Crippen LogP contribution in [0, 0.1) is 6.92 Å². The van der Waals surface area contributed by atoms with Gasteiger partial charge in [-0.15, -0.1) is 0 Å². The molecule has 2 aromatic heterocycles. The highest BCUT2D eigenvalue weighted by Gasteiger charge is 2.10. The van der Waals surface area contributed by atoms with Crippen LogP contribution in [0.15, 0.2) is 35.2 Å². The largest absolute Gasteiger partial charge is 0.464 e. The van der Waals surface area contributed by atoms with Crippen LogP contribution in [0.5, 0.6) is 0 Å². The van der Waals surface area contributed by atoms with Gasteiger partial charge in [0.25, 0.3) is 0 Å². The Kier molecular flexibility index (Phi) is 3.68. The number of aromatic nitrogens is 3. The first-order valence-corrected chi connectivity index (χ1v) is 6.80. The lowest BCUT2D eigenvalue weighted by Crippen LogP contribution is -2.27. The zero-order chi connectivity index (χ0) is 14.7. The molecule has 21 heavy (non-hydrogen) atoms. The van der Waals surface area contributed by atoms with E-state index in [0.717, 1.165) is 27.9 Å². The van der Waals surface area contributed by atoms with E-state index in [-0.39, 0.29) is 5.91 Å². The van der Waals surface area contributed by atoms with Crippen molar-refractivity contribution in [3.05, 3.63) is 47.7 Å². The summed E-state index contributed by atoms with van der Waals surface area (Å²) < 4.78 is 5.49. The third-order valence-electron chi connectivity index (χ3n) is 3.31. The van der Waals surface area contributed by atoms with Gasteiger partial charge in [0.2, 0.25) is 5.91 Å². The Morgan fingerprint density at radius 3 is 3.14 bits per heavy atom. The fourth-order valence-electron chi connectivity index (χ4n) is 2.23. The van der Waals surface area contributed by atoms with Crippen molar-refractivity contribution in [3.8, 4) is 0 Å². The number of furan rings is 1. The number of rotatable bonds is 5. The monoisotopic (exact) mass is 284 g/mol. The number of fused-ring (bicyclic) bond motifs is 1. The Balaban J connectivity index is 1.58. The molecule has 3 aromatic rings. The normalized spacial score (nSPS) is 10.9. The second kappa shape index (κ2) is 5.78. The summed E-state index contributed by atoms with van der Waals surface area (Å²) >= 11 is 0. The van der Waals surface area contributed by atoms with E-state index in [1.807, 2.05) is 25.1 Å². The number of carbonyl (C=O) groups is 1. The van der Waals surface area contributed by atoms with E-state index >= 15 is 0 Å². The fraction of sp³-hybridized carbons (Fsp3) is 0.267.